The second kappa shape index (κ2) is 6.23. The molecule has 7 heteroatoms. The van der Waals surface area contributed by atoms with Crippen LogP contribution in [0.15, 0.2) is 29.0 Å². The molecule has 2 aliphatic rings. The first-order valence-corrected chi connectivity index (χ1v) is 8.40. The predicted octanol–water partition coefficient (Wildman–Crippen LogP) is 1.64. The minimum atomic E-state index is -0.257. The predicted molar refractivity (Wildman–Crippen MR) is 85.9 cm³/mol. The van der Waals surface area contributed by atoms with Crippen LogP contribution in [-0.4, -0.2) is 56.5 Å². The zero-order valence-electron chi connectivity index (χ0n) is 13.8. The molecule has 7 nitrogen and oxygen atoms in total. The molecule has 0 radical (unpaired) electrons. The van der Waals surface area contributed by atoms with Gasteiger partial charge in [0.25, 0.3) is 0 Å². The van der Waals surface area contributed by atoms with Crippen LogP contribution in [0.5, 0.6) is 0 Å². The molecule has 3 atom stereocenters. The van der Waals surface area contributed by atoms with E-state index in [-0.39, 0.29) is 17.7 Å². The summed E-state index contributed by atoms with van der Waals surface area (Å²) in [5, 5.41) is 14.1. The summed E-state index contributed by atoms with van der Waals surface area (Å²) in [6, 6.07) is 3.95. The van der Waals surface area contributed by atoms with Crippen molar-refractivity contribution in [1.82, 2.24) is 20.0 Å². The standard InChI is InChI=1S/C17H22N4O3/c1-23-17-5-4-13(22)9-14(17)21(8-6-17)11-15-19-16(20-24-15)12-3-2-7-18-10-12/h2-3,7,10,13-14,22H,4-6,8-9,11H2,1H3/t13-,14+,17-/m1/s1. The molecule has 0 unspecified atom stereocenters. The van der Waals surface area contributed by atoms with Crippen molar-refractivity contribution in [1.29, 1.82) is 0 Å². The van der Waals surface area contributed by atoms with Crippen LogP contribution in [0, 0.1) is 0 Å². The maximum absolute atomic E-state index is 10.1. The summed E-state index contributed by atoms with van der Waals surface area (Å²) in [6.07, 6.45) is 6.60. The van der Waals surface area contributed by atoms with Gasteiger partial charge >= 0.3 is 0 Å². The Balaban J connectivity index is 1.51. The monoisotopic (exact) mass is 330 g/mol. The lowest BCUT2D eigenvalue weighted by molar-refractivity contribution is -0.0887. The van der Waals surface area contributed by atoms with Gasteiger partial charge in [-0.15, -0.1) is 0 Å². The molecule has 1 aliphatic carbocycles. The number of fused-ring (bicyclic) bond motifs is 1. The Morgan fingerprint density at radius 2 is 2.38 bits per heavy atom. The average molecular weight is 330 g/mol. The highest BCUT2D eigenvalue weighted by Gasteiger charge is 2.50. The lowest BCUT2D eigenvalue weighted by Gasteiger charge is -2.42. The van der Waals surface area contributed by atoms with E-state index >= 15 is 0 Å². The van der Waals surface area contributed by atoms with E-state index in [2.05, 4.69) is 20.0 Å². The van der Waals surface area contributed by atoms with Gasteiger partial charge in [0.2, 0.25) is 11.7 Å². The van der Waals surface area contributed by atoms with Crippen molar-refractivity contribution in [3.8, 4) is 11.4 Å². The van der Waals surface area contributed by atoms with Crippen molar-refractivity contribution >= 4 is 0 Å². The van der Waals surface area contributed by atoms with E-state index in [0.29, 0.717) is 18.3 Å². The molecule has 24 heavy (non-hydrogen) atoms. The highest BCUT2D eigenvalue weighted by atomic mass is 16.5. The molecule has 2 aromatic heterocycles. The first-order valence-electron chi connectivity index (χ1n) is 8.40. The Hall–Kier alpha value is -1.83. The fourth-order valence-corrected chi connectivity index (χ4v) is 4.06. The van der Waals surface area contributed by atoms with E-state index in [9.17, 15) is 5.11 Å². The molecule has 1 N–H and O–H groups in total. The Morgan fingerprint density at radius 1 is 1.46 bits per heavy atom. The largest absolute Gasteiger partial charge is 0.393 e. The number of ether oxygens (including phenoxy) is 1. The SMILES string of the molecule is CO[C@@]12CC[C@@H](O)C[C@@H]1N(Cc1nc(-c3cccnc3)no1)CC2. The molecule has 2 fully saturated rings. The molecule has 0 spiro atoms. The second-order valence-corrected chi connectivity index (χ2v) is 6.69. The lowest BCUT2D eigenvalue weighted by atomic mass is 9.79. The van der Waals surface area contributed by atoms with Gasteiger partial charge in [-0.3, -0.25) is 9.88 Å². The number of rotatable bonds is 4. The van der Waals surface area contributed by atoms with Crippen molar-refractivity contribution in [2.45, 2.75) is 50.0 Å². The second-order valence-electron chi connectivity index (χ2n) is 6.69. The van der Waals surface area contributed by atoms with E-state index < -0.39 is 0 Å². The summed E-state index contributed by atoms with van der Waals surface area (Å²) in [6.45, 7) is 1.49. The van der Waals surface area contributed by atoms with Crippen LogP contribution < -0.4 is 0 Å². The number of pyridine rings is 1. The molecule has 1 saturated carbocycles. The number of likely N-dealkylation sites (tertiary alicyclic amines) is 1. The quantitative estimate of drug-likeness (QED) is 0.912. The van der Waals surface area contributed by atoms with Crippen LogP contribution in [0.3, 0.4) is 0 Å². The molecule has 0 bridgehead atoms. The highest BCUT2D eigenvalue weighted by molar-refractivity contribution is 5.51. The van der Waals surface area contributed by atoms with Crippen LogP contribution in [-0.2, 0) is 11.3 Å². The van der Waals surface area contributed by atoms with Crippen molar-refractivity contribution in [3.05, 3.63) is 30.4 Å². The zero-order valence-corrected chi connectivity index (χ0v) is 13.8. The highest BCUT2D eigenvalue weighted by Crippen LogP contribution is 2.42. The number of aliphatic hydroxyl groups excluding tert-OH is 1. The summed E-state index contributed by atoms with van der Waals surface area (Å²) in [4.78, 5) is 10.9. The van der Waals surface area contributed by atoms with Gasteiger partial charge < -0.3 is 14.4 Å². The van der Waals surface area contributed by atoms with E-state index in [4.69, 9.17) is 9.26 Å². The van der Waals surface area contributed by atoms with Gasteiger partial charge in [0.15, 0.2) is 0 Å². The Labute approximate surface area is 140 Å². The third-order valence-electron chi connectivity index (χ3n) is 5.40. The van der Waals surface area contributed by atoms with Crippen molar-refractivity contribution in [2.24, 2.45) is 0 Å². The summed E-state index contributed by atoms with van der Waals surface area (Å²) < 4.78 is 11.3. The van der Waals surface area contributed by atoms with Crippen LogP contribution in [0.4, 0.5) is 0 Å². The number of hydrogen-bond acceptors (Lipinski definition) is 7. The molecular weight excluding hydrogens is 308 g/mol. The molecule has 3 heterocycles. The lowest BCUT2D eigenvalue weighted by Crippen LogP contribution is -2.51. The van der Waals surface area contributed by atoms with Crippen molar-refractivity contribution in [2.75, 3.05) is 13.7 Å². The van der Waals surface area contributed by atoms with Crippen LogP contribution in [0.2, 0.25) is 0 Å². The maximum Gasteiger partial charge on any atom is 0.241 e. The zero-order chi connectivity index (χ0) is 16.6. The molecule has 1 saturated heterocycles. The first-order chi connectivity index (χ1) is 11.7. The molecule has 4 rings (SSSR count). The third-order valence-corrected chi connectivity index (χ3v) is 5.40. The van der Waals surface area contributed by atoms with Crippen LogP contribution in [0.25, 0.3) is 11.4 Å². The Morgan fingerprint density at radius 3 is 3.17 bits per heavy atom. The Bertz CT molecular complexity index is 692. The minimum Gasteiger partial charge on any atom is -0.393 e. The van der Waals surface area contributed by atoms with Gasteiger partial charge in [-0.25, -0.2) is 0 Å². The first kappa shape index (κ1) is 15.7. The number of hydrogen-bond donors (Lipinski definition) is 1. The summed E-state index contributed by atoms with van der Waals surface area (Å²) in [5.41, 5.74) is 0.694. The molecule has 2 aromatic rings. The van der Waals surface area contributed by atoms with E-state index in [1.54, 1.807) is 19.5 Å². The normalized spacial score (nSPS) is 30.4. The summed E-state index contributed by atoms with van der Waals surface area (Å²) in [5.74, 6) is 1.14. The molecule has 0 aromatic carbocycles. The molecular formula is C17H22N4O3. The van der Waals surface area contributed by atoms with Crippen LogP contribution >= 0.6 is 0 Å². The van der Waals surface area contributed by atoms with Crippen LogP contribution in [0.1, 0.15) is 31.6 Å². The topological polar surface area (TPSA) is 84.5 Å². The maximum atomic E-state index is 10.1. The van der Waals surface area contributed by atoms with E-state index in [1.807, 2.05) is 12.1 Å². The fourth-order valence-electron chi connectivity index (χ4n) is 4.06. The number of aliphatic hydroxyl groups is 1. The van der Waals surface area contributed by atoms with Gasteiger partial charge in [-0.1, -0.05) is 5.16 Å². The van der Waals surface area contributed by atoms with Gasteiger partial charge in [-0.2, -0.15) is 4.98 Å². The summed E-state index contributed by atoms with van der Waals surface area (Å²) in [7, 11) is 1.78. The summed E-state index contributed by atoms with van der Waals surface area (Å²) >= 11 is 0. The average Bonchev–Trinajstić information content (AvgIpc) is 3.22. The van der Waals surface area contributed by atoms with Crippen molar-refractivity contribution in [3.63, 3.8) is 0 Å². The molecule has 0 amide bonds. The smallest absolute Gasteiger partial charge is 0.241 e. The van der Waals surface area contributed by atoms with E-state index in [1.165, 1.54) is 0 Å². The van der Waals surface area contributed by atoms with Gasteiger partial charge in [0, 0.05) is 37.7 Å². The molecule has 1 aliphatic heterocycles. The third kappa shape index (κ3) is 2.72. The van der Waals surface area contributed by atoms with Gasteiger partial charge in [-0.05, 0) is 37.8 Å². The molecule has 128 valence electrons. The fraction of sp³-hybridized carbons (Fsp3) is 0.588. The van der Waals surface area contributed by atoms with Crippen molar-refractivity contribution < 1.29 is 14.4 Å². The minimum absolute atomic E-state index is 0.147. The van der Waals surface area contributed by atoms with Gasteiger partial charge in [0.1, 0.15) is 0 Å². The Kier molecular flexibility index (Phi) is 4.07. The van der Waals surface area contributed by atoms with Gasteiger partial charge in [0.05, 0.1) is 18.2 Å². The number of methoxy groups -OCH3 is 1. The van der Waals surface area contributed by atoms with E-state index in [0.717, 1.165) is 37.8 Å². The number of aromatic nitrogens is 3. The number of nitrogens with zero attached hydrogens (tertiary/aromatic N) is 4.